The molecule has 0 fully saturated rings. The van der Waals surface area contributed by atoms with Crippen LogP contribution in [0.3, 0.4) is 0 Å². The summed E-state index contributed by atoms with van der Waals surface area (Å²) in [6.07, 6.45) is 0.466. The molecule has 0 aromatic heterocycles. The van der Waals surface area contributed by atoms with Crippen molar-refractivity contribution in [2.75, 3.05) is 0 Å². The molecule has 0 spiro atoms. The van der Waals surface area contributed by atoms with Crippen molar-refractivity contribution in [3.8, 4) is 5.75 Å². The molecule has 0 aliphatic carbocycles. The van der Waals surface area contributed by atoms with Crippen LogP contribution in [0.2, 0.25) is 0 Å². The van der Waals surface area contributed by atoms with E-state index in [4.69, 9.17) is 15.6 Å². The average Bonchev–Trinajstić information content (AvgIpc) is 2.29. The number of ether oxygens (including phenoxy) is 1. The highest BCUT2D eigenvalue weighted by atomic mass is 16.5. The SMILES string of the molecule is CCCC(Oc1ccccc1CN)C(=O)O. The number of hydrogen-bond acceptors (Lipinski definition) is 3. The Morgan fingerprint density at radius 2 is 2.19 bits per heavy atom. The van der Waals surface area contributed by atoms with Crippen molar-refractivity contribution < 1.29 is 14.6 Å². The predicted octanol–water partition coefficient (Wildman–Crippen LogP) is 1.78. The molecule has 1 aromatic carbocycles. The summed E-state index contributed by atoms with van der Waals surface area (Å²) in [6.45, 7) is 2.27. The second kappa shape index (κ2) is 6.12. The summed E-state index contributed by atoms with van der Waals surface area (Å²) in [5, 5.41) is 8.97. The number of para-hydroxylation sites is 1. The quantitative estimate of drug-likeness (QED) is 0.771. The van der Waals surface area contributed by atoms with Crippen LogP contribution in [0.4, 0.5) is 0 Å². The van der Waals surface area contributed by atoms with Gasteiger partial charge in [0, 0.05) is 12.1 Å². The molecule has 1 aromatic rings. The number of aliphatic carboxylic acids is 1. The van der Waals surface area contributed by atoms with E-state index in [-0.39, 0.29) is 0 Å². The minimum absolute atomic E-state index is 0.342. The van der Waals surface area contributed by atoms with E-state index in [2.05, 4.69) is 0 Å². The third kappa shape index (κ3) is 3.24. The van der Waals surface area contributed by atoms with E-state index in [0.29, 0.717) is 18.7 Å². The summed E-state index contributed by atoms with van der Waals surface area (Å²) < 4.78 is 5.46. The highest BCUT2D eigenvalue weighted by Gasteiger charge is 2.18. The van der Waals surface area contributed by atoms with Gasteiger partial charge in [0.05, 0.1) is 0 Å². The third-order valence-electron chi connectivity index (χ3n) is 2.29. The van der Waals surface area contributed by atoms with Crippen LogP contribution in [-0.2, 0) is 11.3 Å². The predicted molar refractivity (Wildman–Crippen MR) is 61.3 cm³/mol. The second-order valence-electron chi connectivity index (χ2n) is 3.55. The van der Waals surface area contributed by atoms with E-state index in [0.717, 1.165) is 12.0 Å². The highest BCUT2D eigenvalue weighted by molar-refractivity contribution is 5.72. The molecule has 1 unspecified atom stereocenters. The lowest BCUT2D eigenvalue weighted by Crippen LogP contribution is -2.27. The molecule has 0 saturated heterocycles. The average molecular weight is 223 g/mol. The van der Waals surface area contributed by atoms with Crippen molar-refractivity contribution in [3.05, 3.63) is 29.8 Å². The smallest absolute Gasteiger partial charge is 0.344 e. The Morgan fingerprint density at radius 1 is 1.50 bits per heavy atom. The van der Waals surface area contributed by atoms with Gasteiger partial charge in [-0.2, -0.15) is 0 Å². The van der Waals surface area contributed by atoms with Gasteiger partial charge in [-0.1, -0.05) is 31.5 Å². The van der Waals surface area contributed by atoms with E-state index in [9.17, 15) is 4.79 Å². The van der Waals surface area contributed by atoms with Crippen molar-refractivity contribution in [2.45, 2.75) is 32.4 Å². The van der Waals surface area contributed by atoms with Crippen LogP contribution >= 0.6 is 0 Å². The van der Waals surface area contributed by atoms with Gasteiger partial charge in [-0.15, -0.1) is 0 Å². The molecular weight excluding hydrogens is 206 g/mol. The number of rotatable bonds is 6. The minimum Gasteiger partial charge on any atom is -0.479 e. The van der Waals surface area contributed by atoms with Gasteiger partial charge in [-0.25, -0.2) is 4.79 Å². The first kappa shape index (κ1) is 12.5. The van der Waals surface area contributed by atoms with E-state index in [1.54, 1.807) is 12.1 Å². The Morgan fingerprint density at radius 3 is 2.75 bits per heavy atom. The maximum atomic E-state index is 10.9. The summed E-state index contributed by atoms with van der Waals surface area (Å²) in [7, 11) is 0. The Kier molecular flexibility index (Phi) is 4.79. The minimum atomic E-state index is -0.936. The number of hydrogen-bond donors (Lipinski definition) is 2. The van der Waals surface area contributed by atoms with Gasteiger partial charge >= 0.3 is 5.97 Å². The molecular formula is C12H17NO3. The maximum Gasteiger partial charge on any atom is 0.344 e. The van der Waals surface area contributed by atoms with Gasteiger partial charge in [0.1, 0.15) is 5.75 Å². The molecule has 0 aliphatic heterocycles. The van der Waals surface area contributed by atoms with Gasteiger partial charge in [0.25, 0.3) is 0 Å². The molecule has 3 N–H and O–H groups in total. The Hall–Kier alpha value is -1.55. The Bertz CT molecular complexity index is 352. The highest BCUT2D eigenvalue weighted by Crippen LogP contribution is 2.20. The first-order chi connectivity index (χ1) is 7.69. The van der Waals surface area contributed by atoms with Gasteiger partial charge in [0.2, 0.25) is 0 Å². The molecule has 16 heavy (non-hydrogen) atoms. The zero-order valence-corrected chi connectivity index (χ0v) is 9.35. The largest absolute Gasteiger partial charge is 0.479 e. The van der Waals surface area contributed by atoms with Crippen molar-refractivity contribution in [1.29, 1.82) is 0 Å². The molecule has 1 rings (SSSR count). The fraction of sp³-hybridized carbons (Fsp3) is 0.417. The Labute approximate surface area is 95.0 Å². The molecule has 1 atom stereocenters. The molecule has 0 radical (unpaired) electrons. The molecule has 0 aliphatic rings. The number of carbonyl (C=O) groups is 1. The van der Waals surface area contributed by atoms with Crippen LogP contribution in [0.25, 0.3) is 0 Å². The molecule has 4 nitrogen and oxygen atoms in total. The topological polar surface area (TPSA) is 72.5 Å². The van der Waals surface area contributed by atoms with Gasteiger partial charge in [-0.05, 0) is 12.5 Å². The van der Waals surface area contributed by atoms with Crippen LogP contribution in [-0.4, -0.2) is 17.2 Å². The zero-order valence-electron chi connectivity index (χ0n) is 9.35. The van der Waals surface area contributed by atoms with Crippen molar-refractivity contribution in [2.24, 2.45) is 5.73 Å². The zero-order chi connectivity index (χ0) is 12.0. The van der Waals surface area contributed by atoms with E-state index < -0.39 is 12.1 Å². The van der Waals surface area contributed by atoms with Crippen LogP contribution in [0, 0.1) is 0 Å². The standard InChI is InChI=1S/C12H17NO3/c1-2-5-11(12(14)15)16-10-7-4-3-6-9(10)8-13/h3-4,6-7,11H,2,5,8,13H2,1H3,(H,14,15). The van der Waals surface area contributed by atoms with Gasteiger partial charge in [-0.3, -0.25) is 0 Å². The fourth-order valence-corrected chi connectivity index (χ4v) is 1.44. The van der Waals surface area contributed by atoms with E-state index in [1.165, 1.54) is 0 Å². The van der Waals surface area contributed by atoms with Crippen LogP contribution in [0.5, 0.6) is 5.75 Å². The molecule has 0 heterocycles. The lowest BCUT2D eigenvalue weighted by Gasteiger charge is -2.16. The lowest BCUT2D eigenvalue weighted by molar-refractivity contribution is -0.145. The monoisotopic (exact) mass is 223 g/mol. The summed E-state index contributed by atoms with van der Waals surface area (Å²) in [6, 6.07) is 7.23. The van der Waals surface area contributed by atoms with Crippen LogP contribution < -0.4 is 10.5 Å². The summed E-state index contributed by atoms with van der Waals surface area (Å²) in [5.74, 6) is -0.375. The molecule has 0 amide bonds. The van der Waals surface area contributed by atoms with Gasteiger partial charge < -0.3 is 15.6 Å². The number of carboxylic acid groups (broad SMARTS) is 1. The first-order valence-corrected chi connectivity index (χ1v) is 5.36. The third-order valence-corrected chi connectivity index (χ3v) is 2.29. The maximum absolute atomic E-state index is 10.9. The number of nitrogens with two attached hydrogens (primary N) is 1. The van der Waals surface area contributed by atoms with Crippen molar-refractivity contribution in [3.63, 3.8) is 0 Å². The molecule has 0 bridgehead atoms. The molecule has 0 saturated carbocycles. The second-order valence-corrected chi connectivity index (χ2v) is 3.55. The first-order valence-electron chi connectivity index (χ1n) is 5.36. The van der Waals surface area contributed by atoms with E-state index >= 15 is 0 Å². The number of benzene rings is 1. The fourth-order valence-electron chi connectivity index (χ4n) is 1.44. The number of carboxylic acids is 1. The normalized spacial score (nSPS) is 12.1. The molecule has 4 heteroatoms. The summed E-state index contributed by atoms with van der Waals surface area (Å²) in [5.41, 5.74) is 6.37. The van der Waals surface area contributed by atoms with Crippen LogP contribution in [0.15, 0.2) is 24.3 Å². The summed E-state index contributed by atoms with van der Waals surface area (Å²) in [4.78, 5) is 10.9. The van der Waals surface area contributed by atoms with Crippen molar-refractivity contribution >= 4 is 5.97 Å². The van der Waals surface area contributed by atoms with Gasteiger partial charge in [0.15, 0.2) is 6.10 Å². The lowest BCUT2D eigenvalue weighted by atomic mass is 10.2. The summed E-state index contributed by atoms with van der Waals surface area (Å²) >= 11 is 0. The van der Waals surface area contributed by atoms with Crippen molar-refractivity contribution in [1.82, 2.24) is 0 Å². The van der Waals surface area contributed by atoms with Crippen LogP contribution in [0.1, 0.15) is 25.3 Å². The Balaban J connectivity index is 2.80. The molecule has 88 valence electrons. The van der Waals surface area contributed by atoms with E-state index in [1.807, 2.05) is 19.1 Å².